The molecule has 0 aromatic carbocycles. The summed E-state index contributed by atoms with van der Waals surface area (Å²) in [4.78, 5) is 10.4. The molecule has 1 rings (SSSR count). The van der Waals surface area contributed by atoms with Crippen LogP contribution in [-0.2, 0) is 4.79 Å². The summed E-state index contributed by atoms with van der Waals surface area (Å²) < 4.78 is 0. The van der Waals surface area contributed by atoms with Crippen LogP contribution in [0.4, 0.5) is 0 Å². The molecular weight excluding hydrogens is 152 g/mol. The van der Waals surface area contributed by atoms with E-state index in [2.05, 4.69) is 6.58 Å². The summed E-state index contributed by atoms with van der Waals surface area (Å²) in [5, 5.41) is 8.56. The van der Waals surface area contributed by atoms with Gasteiger partial charge in [0.1, 0.15) is 0 Å². The molecule has 0 unspecified atom stereocenters. The summed E-state index contributed by atoms with van der Waals surface area (Å²) in [5.41, 5.74) is 0.363. The average molecular weight is 168 g/mol. The Morgan fingerprint density at radius 1 is 1.42 bits per heavy atom. The molecule has 0 heterocycles. The molecule has 1 saturated carbocycles. The monoisotopic (exact) mass is 168 g/mol. The second kappa shape index (κ2) is 4.29. The molecule has 2 heteroatoms. The number of hydrogen-bond acceptors (Lipinski definition) is 1. The Bertz CT molecular complexity index is 178. The lowest BCUT2D eigenvalue weighted by molar-refractivity contribution is -0.132. The van der Waals surface area contributed by atoms with Gasteiger partial charge in [-0.05, 0) is 18.8 Å². The van der Waals surface area contributed by atoms with Gasteiger partial charge in [-0.1, -0.05) is 32.3 Å². The normalized spacial score (nSPS) is 18.0. The first kappa shape index (κ1) is 9.30. The van der Waals surface area contributed by atoms with Crippen LogP contribution in [0, 0.1) is 5.92 Å². The summed E-state index contributed by atoms with van der Waals surface area (Å²) in [6.45, 7) is 3.52. The first-order valence-electron chi connectivity index (χ1n) is 4.61. The fraction of sp³-hybridized carbons (Fsp3) is 0.700. The molecule has 1 aliphatic carbocycles. The standard InChI is InChI=1S/C10H16O2/c1-8(10(11)12)6-7-9-4-2-3-5-9/h9H,1-7H2,(H,11,12). The predicted molar refractivity (Wildman–Crippen MR) is 48.0 cm³/mol. The zero-order valence-corrected chi connectivity index (χ0v) is 7.38. The molecule has 12 heavy (non-hydrogen) atoms. The van der Waals surface area contributed by atoms with Crippen LogP contribution >= 0.6 is 0 Å². The van der Waals surface area contributed by atoms with E-state index in [1.54, 1.807) is 0 Å². The fourth-order valence-corrected chi connectivity index (χ4v) is 1.78. The first-order chi connectivity index (χ1) is 5.70. The van der Waals surface area contributed by atoms with Gasteiger partial charge in [-0.25, -0.2) is 4.79 Å². The zero-order valence-electron chi connectivity index (χ0n) is 7.38. The van der Waals surface area contributed by atoms with Crippen LogP contribution in [0.1, 0.15) is 38.5 Å². The first-order valence-corrected chi connectivity index (χ1v) is 4.61. The molecule has 1 aliphatic rings. The van der Waals surface area contributed by atoms with Crippen molar-refractivity contribution in [3.63, 3.8) is 0 Å². The van der Waals surface area contributed by atoms with E-state index < -0.39 is 5.97 Å². The molecule has 0 radical (unpaired) electrons. The Kier molecular flexibility index (Phi) is 3.32. The number of hydrogen-bond donors (Lipinski definition) is 1. The number of rotatable bonds is 4. The molecule has 0 spiro atoms. The lowest BCUT2D eigenvalue weighted by Crippen LogP contribution is -2.01. The third-order valence-electron chi connectivity index (χ3n) is 2.63. The van der Waals surface area contributed by atoms with Gasteiger partial charge in [0.2, 0.25) is 0 Å². The molecular formula is C10H16O2. The minimum absolute atomic E-state index is 0.363. The van der Waals surface area contributed by atoms with Crippen LogP contribution < -0.4 is 0 Å². The van der Waals surface area contributed by atoms with Crippen molar-refractivity contribution >= 4 is 5.97 Å². The summed E-state index contributed by atoms with van der Waals surface area (Å²) in [5.74, 6) is -0.0749. The SMILES string of the molecule is C=C(CCC1CCCC1)C(=O)O. The van der Waals surface area contributed by atoms with Gasteiger partial charge >= 0.3 is 5.97 Å². The average Bonchev–Trinajstić information content (AvgIpc) is 2.51. The lowest BCUT2D eigenvalue weighted by Gasteiger charge is -2.07. The van der Waals surface area contributed by atoms with Gasteiger partial charge in [0.15, 0.2) is 0 Å². The number of carboxylic acid groups (broad SMARTS) is 1. The molecule has 2 nitrogen and oxygen atoms in total. The molecule has 68 valence electrons. The van der Waals surface area contributed by atoms with E-state index in [1.807, 2.05) is 0 Å². The maximum Gasteiger partial charge on any atom is 0.330 e. The maximum absolute atomic E-state index is 10.4. The Hall–Kier alpha value is -0.790. The van der Waals surface area contributed by atoms with E-state index in [0.717, 1.165) is 12.3 Å². The molecule has 0 atom stereocenters. The van der Waals surface area contributed by atoms with E-state index in [0.29, 0.717) is 12.0 Å². The van der Waals surface area contributed by atoms with Crippen LogP contribution in [0.2, 0.25) is 0 Å². The Balaban J connectivity index is 2.16. The minimum Gasteiger partial charge on any atom is -0.478 e. The molecule has 0 saturated heterocycles. The molecule has 0 aromatic heterocycles. The van der Waals surface area contributed by atoms with Gasteiger partial charge in [0, 0.05) is 5.57 Å². The van der Waals surface area contributed by atoms with E-state index in [9.17, 15) is 4.79 Å². The second-order valence-corrected chi connectivity index (χ2v) is 3.60. The largest absolute Gasteiger partial charge is 0.478 e. The van der Waals surface area contributed by atoms with Gasteiger partial charge in [0.05, 0.1) is 0 Å². The Labute approximate surface area is 73.3 Å². The summed E-state index contributed by atoms with van der Waals surface area (Å²) >= 11 is 0. The van der Waals surface area contributed by atoms with Gasteiger partial charge in [0.25, 0.3) is 0 Å². The second-order valence-electron chi connectivity index (χ2n) is 3.60. The van der Waals surface area contributed by atoms with Crippen LogP contribution in [0.25, 0.3) is 0 Å². The van der Waals surface area contributed by atoms with Gasteiger partial charge in [-0.15, -0.1) is 0 Å². The zero-order chi connectivity index (χ0) is 8.97. The fourth-order valence-electron chi connectivity index (χ4n) is 1.78. The summed E-state index contributed by atoms with van der Waals surface area (Å²) in [6, 6.07) is 0. The number of carbonyl (C=O) groups is 1. The van der Waals surface area contributed by atoms with Crippen molar-refractivity contribution in [3.05, 3.63) is 12.2 Å². The smallest absolute Gasteiger partial charge is 0.330 e. The number of aliphatic carboxylic acids is 1. The maximum atomic E-state index is 10.4. The third-order valence-corrected chi connectivity index (χ3v) is 2.63. The van der Waals surface area contributed by atoms with E-state index in [4.69, 9.17) is 5.11 Å². The predicted octanol–water partition coefficient (Wildman–Crippen LogP) is 2.60. The Morgan fingerprint density at radius 2 is 2.00 bits per heavy atom. The summed E-state index contributed by atoms with van der Waals surface area (Å²) in [7, 11) is 0. The summed E-state index contributed by atoms with van der Waals surface area (Å²) in [6.07, 6.45) is 6.90. The van der Waals surface area contributed by atoms with Crippen LogP contribution in [0.3, 0.4) is 0 Å². The van der Waals surface area contributed by atoms with Crippen LogP contribution in [0.5, 0.6) is 0 Å². The van der Waals surface area contributed by atoms with E-state index >= 15 is 0 Å². The highest BCUT2D eigenvalue weighted by Gasteiger charge is 2.15. The topological polar surface area (TPSA) is 37.3 Å². The molecule has 0 aliphatic heterocycles. The lowest BCUT2D eigenvalue weighted by atomic mass is 9.99. The minimum atomic E-state index is -0.840. The van der Waals surface area contributed by atoms with E-state index in [1.165, 1.54) is 25.7 Å². The van der Waals surface area contributed by atoms with Crippen molar-refractivity contribution in [2.24, 2.45) is 5.92 Å². The molecule has 0 bridgehead atoms. The molecule has 0 aromatic rings. The van der Waals surface area contributed by atoms with Crippen molar-refractivity contribution < 1.29 is 9.90 Å². The quantitative estimate of drug-likeness (QED) is 0.655. The van der Waals surface area contributed by atoms with Gasteiger partial charge in [-0.2, -0.15) is 0 Å². The van der Waals surface area contributed by atoms with Crippen molar-refractivity contribution in [3.8, 4) is 0 Å². The van der Waals surface area contributed by atoms with Crippen molar-refractivity contribution in [1.29, 1.82) is 0 Å². The molecule has 1 N–H and O–H groups in total. The van der Waals surface area contributed by atoms with Crippen LogP contribution in [0.15, 0.2) is 12.2 Å². The highest BCUT2D eigenvalue weighted by Crippen LogP contribution is 2.29. The highest BCUT2D eigenvalue weighted by molar-refractivity contribution is 5.85. The third kappa shape index (κ3) is 2.68. The van der Waals surface area contributed by atoms with Crippen molar-refractivity contribution in [1.82, 2.24) is 0 Å². The number of carboxylic acids is 1. The molecule has 0 amide bonds. The Morgan fingerprint density at radius 3 is 2.50 bits per heavy atom. The van der Waals surface area contributed by atoms with Crippen molar-refractivity contribution in [2.75, 3.05) is 0 Å². The van der Waals surface area contributed by atoms with Crippen LogP contribution in [-0.4, -0.2) is 11.1 Å². The highest BCUT2D eigenvalue weighted by atomic mass is 16.4. The van der Waals surface area contributed by atoms with Gasteiger partial charge < -0.3 is 5.11 Å². The van der Waals surface area contributed by atoms with Crippen molar-refractivity contribution in [2.45, 2.75) is 38.5 Å². The van der Waals surface area contributed by atoms with E-state index in [-0.39, 0.29) is 0 Å². The molecule has 1 fully saturated rings. The van der Waals surface area contributed by atoms with Gasteiger partial charge in [-0.3, -0.25) is 0 Å².